The smallest absolute Gasteiger partial charge is 0.304 e. The van der Waals surface area contributed by atoms with Crippen molar-refractivity contribution in [2.45, 2.75) is 12.7 Å². The van der Waals surface area contributed by atoms with E-state index in [1.807, 2.05) is 12.1 Å². The van der Waals surface area contributed by atoms with Crippen molar-refractivity contribution in [3.05, 3.63) is 81.5 Å². The number of rotatable bonds is 4. The highest BCUT2D eigenvalue weighted by molar-refractivity contribution is 6.33. The molecule has 0 saturated heterocycles. The number of carbonyl (C=O) groups excluding carboxylic acids is 1. The quantitative estimate of drug-likeness (QED) is 0.612. The Kier molecular flexibility index (Phi) is 5.43. The van der Waals surface area contributed by atoms with Crippen molar-refractivity contribution < 1.29 is 18.0 Å². The molecule has 1 aromatic heterocycles. The molecule has 0 aliphatic rings. The van der Waals surface area contributed by atoms with E-state index in [-0.39, 0.29) is 16.4 Å². The minimum absolute atomic E-state index is 0.0630. The number of alkyl halides is 3. The summed E-state index contributed by atoms with van der Waals surface area (Å²) in [5.74, 6) is -0.673. The summed E-state index contributed by atoms with van der Waals surface area (Å²) < 4.78 is 39.8. The summed E-state index contributed by atoms with van der Waals surface area (Å²) in [6, 6.07) is 11.2. The van der Waals surface area contributed by atoms with Gasteiger partial charge >= 0.3 is 6.18 Å². The van der Waals surface area contributed by atoms with E-state index < -0.39 is 17.6 Å². The SMILES string of the molecule is O=C(Nc1nn(Cc2ccc(Cl)cc2)cc1Cl)c1cccc(C(F)(F)F)c1. The number of benzene rings is 2. The van der Waals surface area contributed by atoms with Crippen LogP contribution in [0.4, 0.5) is 19.0 Å². The first-order valence-corrected chi connectivity index (χ1v) is 8.44. The molecule has 9 heteroatoms. The van der Waals surface area contributed by atoms with E-state index in [1.54, 1.807) is 12.1 Å². The fourth-order valence-electron chi connectivity index (χ4n) is 2.36. The fraction of sp³-hybridized carbons (Fsp3) is 0.111. The maximum Gasteiger partial charge on any atom is 0.416 e. The topological polar surface area (TPSA) is 46.9 Å². The number of nitrogens with zero attached hydrogens (tertiary/aromatic N) is 2. The number of nitrogens with one attached hydrogen (secondary N) is 1. The zero-order valence-electron chi connectivity index (χ0n) is 13.6. The molecule has 1 N–H and O–H groups in total. The van der Waals surface area contributed by atoms with Gasteiger partial charge in [-0.3, -0.25) is 9.48 Å². The molecule has 0 radical (unpaired) electrons. The van der Waals surface area contributed by atoms with Crippen LogP contribution < -0.4 is 5.32 Å². The molecule has 0 saturated carbocycles. The van der Waals surface area contributed by atoms with Crippen LogP contribution in [0.5, 0.6) is 0 Å². The van der Waals surface area contributed by atoms with Crippen molar-refractivity contribution in [3.8, 4) is 0 Å². The molecule has 0 aliphatic heterocycles. The summed E-state index contributed by atoms with van der Waals surface area (Å²) in [6.07, 6.45) is -3.02. The largest absolute Gasteiger partial charge is 0.416 e. The van der Waals surface area contributed by atoms with E-state index in [2.05, 4.69) is 10.4 Å². The standard InChI is InChI=1S/C18H12Cl2F3N3O/c19-14-6-4-11(5-7-14)9-26-10-15(20)16(25-26)24-17(27)12-2-1-3-13(8-12)18(21,22)23/h1-8,10H,9H2,(H,24,25,27). The first-order valence-electron chi connectivity index (χ1n) is 7.68. The minimum Gasteiger partial charge on any atom is -0.304 e. The molecule has 1 heterocycles. The molecule has 3 rings (SSSR count). The number of halogens is 5. The average Bonchev–Trinajstić information content (AvgIpc) is 2.95. The zero-order chi connectivity index (χ0) is 19.6. The second kappa shape index (κ2) is 7.62. The van der Waals surface area contributed by atoms with Gasteiger partial charge in [0.15, 0.2) is 5.82 Å². The molecular formula is C18H12Cl2F3N3O. The van der Waals surface area contributed by atoms with Gasteiger partial charge in [-0.25, -0.2) is 0 Å². The Morgan fingerprint density at radius 2 is 1.81 bits per heavy atom. The van der Waals surface area contributed by atoms with Crippen molar-refractivity contribution in [2.75, 3.05) is 5.32 Å². The number of carbonyl (C=O) groups is 1. The summed E-state index contributed by atoms with van der Waals surface area (Å²) in [5, 5.41) is 7.36. The van der Waals surface area contributed by atoms with E-state index in [0.717, 1.165) is 17.7 Å². The summed E-state index contributed by atoms with van der Waals surface area (Å²) >= 11 is 11.9. The van der Waals surface area contributed by atoms with Crippen molar-refractivity contribution in [3.63, 3.8) is 0 Å². The van der Waals surface area contributed by atoms with Gasteiger partial charge in [-0.1, -0.05) is 41.4 Å². The van der Waals surface area contributed by atoms with E-state index in [1.165, 1.54) is 23.0 Å². The highest BCUT2D eigenvalue weighted by Crippen LogP contribution is 2.30. The molecule has 140 valence electrons. The Labute approximate surface area is 162 Å². The monoisotopic (exact) mass is 413 g/mol. The maximum atomic E-state index is 12.8. The van der Waals surface area contributed by atoms with Crippen LogP contribution in [0, 0.1) is 0 Å². The van der Waals surface area contributed by atoms with Crippen LogP contribution >= 0.6 is 23.2 Å². The number of anilines is 1. The van der Waals surface area contributed by atoms with Gasteiger partial charge < -0.3 is 5.32 Å². The van der Waals surface area contributed by atoms with Crippen LogP contribution in [0.25, 0.3) is 0 Å². The lowest BCUT2D eigenvalue weighted by atomic mass is 10.1. The predicted octanol–water partition coefficient (Wildman–Crippen LogP) is 5.51. The lowest BCUT2D eigenvalue weighted by Crippen LogP contribution is -2.15. The Hall–Kier alpha value is -2.51. The third-order valence-corrected chi connectivity index (χ3v) is 4.19. The Bertz CT molecular complexity index is 969. The summed E-state index contributed by atoms with van der Waals surface area (Å²) in [5.41, 5.74) is -0.142. The number of hydrogen-bond acceptors (Lipinski definition) is 2. The molecule has 0 aliphatic carbocycles. The summed E-state index contributed by atoms with van der Waals surface area (Å²) in [6.45, 7) is 0.385. The molecule has 4 nitrogen and oxygen atoms in total. The van der Waals surface area contributed by atoms with E-state index in [4.69, 9.17) is 23.2 Å². The lowest BCUT2D eigenvalue weighted by molar-refractivity contribution is -0.137. The second-order valence-electron chi connectivity index (χ2n) is 5.68. The highest BCUT2D eigenvalue weighted by atomic mass is 35.5. The molecule has 0 spiro atoms. The number of amides is 1. The molecule has 0 atom stereocenters. The van der Waals surface area contributed by atoms with Gasteiger partial charge in [-0.15, -0.1) is 0 Å². The van der Waals surface area contributed by atoms with Gasteiger partial charge in [0.2, 0.25) is 0 Å². The van der Waals surface area contributed by atoms with Crippen LogP contribution in [0.1, 0.15) is 21.5 Å². The predicted molar refractivity (Wildman–Crippen MR) is 97.2 cm³/mol. The Balaban J connectivity index is 1.75. The van der Waals surface area contributed by atoms with E-state index >= 15 is 0 Å². The van der Waals surface area contributed by atoms with Crippen molar-refractivity contribution in [1.29, 1.82) is 0 Å². The Morgan fingerprint density at radius 3 is 2.48 bits per heavy atom. The normalized spacial score (nSPS) is 11.4. The first-order chi connectivity index (χ1) is 12.7. The molecule has 27 heavy (non-hydrogen) atoms. The molecule has 0 fully saturated rings. The van der Waals surface area contributed by atoms with Crippen LogP contribution in [0.3, 0.4) is 0 Å². The maximum absolute atomic E-state index is 12.8. The highest BCUT2D eigenvalue weighted by Gasteiger charge is 2.31. The van der Waals surface area contributed by atoms with Crippen LogP contribution in [-0.2, 0) is 12.7 Å². The van der Waals surface area contributed by atoms with Gasteiger partial charge in [0.1, 0.15) is 5.02 Å². The Morgan fingerprint density at radius 1 is 1.11 bits per heavy atom. The molecule has 0 bridgehead atoms. The minimum atomic E-state index is -4.53. The van der Waals surface area contributed by atoms with Crippen LogP contribution in [0.15, 0.2) is 54.7 Å². The van der Waals surface area contributed by atoms with Gasteiger partial charge in [0, 0.05) is 16.8 Å². The summed E-state index contributed by atoms with van der Waals surface area (Å²) in [4.78, 5) is 12.2. The van der Waals surface area contributed by atoms with Crippen LogP contribution in [0.2, 0.25) is 10.0 Å². The molecule has 0 unspecified atom stereocenters. The average molecular weight is 414 g/mol. The van der Waals surface area contributed by atoms with Gasteiger partial charge in [0.05, 0.1) is 12.1 Å². The third kappa shape index (κ3) is 4.81. The number of hydrogen-bond donors (Lipinski definition) is 1. The van der Waals surface area contributed by atoms with Crippen molar-refractivity contribution in [2.24, 2.45) is 0 Å². The zero-order valence-corrected chi connectivity index (χ0v) is 15.1. The first kappa shape index (κ1) is 19.3. The van der Waals surface area contributed by atoms with Gasteiger partial charge in [-0.2, -0.15) is 18.3 Å². The number of aromatic nitrogens is 2. The summed E-state index contributed by atoms with van der Waals surface area (Å²) in [7, 11) is 0. The lowest BCUT2D eigenvalue weighted by Gasteiger charge is -2.08. The third-order valence-electron chi connectivity index (χ3n) is 3.66. The van der Waals surface area contributed by atoms with E-state index in [9.17, 15) is 18.0 Å². The van der Waals surface area contributed by atoms with Crippen molar-refractivity contribution in [1.82, 2.24) is 9.78 Å². The molecule has 2 aromatic carbocycles. The van der Waals surface area contributed by atoms with Gasteiger partial charge in [0.25, 0.3) is 5.91 Å². The van der Waals surface area contributed by atoms with Crippen LogP contribution in [-0.4, -0.2) is 15.7 Å². The van der Waals surface area contributed by atoms with E-state index in [0.29, 0.717) is 11.6 Å². The molecular weight excluding hydrogens is 402 g/mol. The van der Waals surface area contributed by atoms with Gasteiger partial charge in [-0.05, 0) is 35.9 Å². The van der Waals surface area contributed by atoms with Crippen molar-refractivity contribution >= 4 is 34.9 Å². The molecule has 1 amide bonds. The molecule has 3 aromatic rings. The second-order valence-corrected chi connectivity index (χ2v) is 6.53. The fourth-order valence-corrected chi connectivity index (χ4v) is 2.68.